The monoisotopic (exact) mass is 205 g/mol. The Labute approximate surface area is 86.4 Å². The fourth-order valence-corrected chi connectivity index (χ4v) is 2.52. The molecule has 2 aromatic rings. The fraction of sp³-hybridized carbons (Fsp3) is 0.364. The molecule has 1 N–H and O–H groups in total. The van der Waals surface area contributed by atoms with Crippen LogP contribution in [0.25, 0.3) is 10.1 Å². The van der Waals surface area contributed by atoms with Gasteiger partial charge >= 0.3 is 0 Å². The average Bonchev–Trinajstić information content (AvgIpc) is 2.73. The Morgan fingerprint density at radius 3 is 3.07 bits per heavy atom. The molecule has 1 fully saturated rings. The molecule has 0 radical (unpaired) electrons. The minimum atomic E-state index is -0.404. The fourth-order valence-electron chi connectivity index (χ4n) is 1.77. The average molecular weight is 205 g/mol. The van der Waals surface area contributed by atoms with Crippen LogP contribution >= 0.6 is 11.5 Å². The van der Waals surface area contributed by atoms with Crippen LogP contribution in [-0.4, -0.2) is 15.1 Å². The van der Waals surface area contributed by atoms with Gasteiger partial charge in [-0.15, -0.1) is 0 Å². The molecule has 0 saturated heterocycles. The third-order valence-electron chi connectivity index (χ3n) is 2.81. The number of aliphatic hydroxyl groups is 1. The van der Waals surface area contributed by atoms with Gasteiger partial charge in [-0.3, -0.25) is 0 Å². The molecule has 14 heavy (non-hydrogen) atoms. The van der Waals surface area contributed by atoms with Crippen LogP contribution in [0.15, 0.2) is 24.4 Å². The summed E-state index contributed by atoms with van der Waals surface area (Å²) >= 11 is 1.52. The van der Waals surface area contributed by atoms with Crippen molar-refractivity contribution in [2.75, 3.05) is 0 Å². The second-order valence-corrected chi connectivity index (χ2v) is 4.86. The molecule has 1 heterocycles. The van der Waals surface area contributed by atoms with Crippen molar-refractivity contribution in [2.45, 2.75) is 24.9 Å². The Hall–Kier alpha value is -0.930. The molecule has 2 nitrogen and oxygen atoms in total. The van der Waals surface area contributed by atoms with Crippen LogP contribution in [0.3, 0.4) is 0 Å². The molecule has 1 saturated carbocycles. The topological polar surface area (TPSA) is 33.1 Å². The van der Waals surface area contributed by atoms with Gasteiger partial charge in [0, 0.05) is 18.0 Å². The van der Waals surface area contributed by atoms with E-state index < -0.39 is 5.60 Å². The summed E-state index contributed by atoms with van der Waals surface area (Å²) in [4.78, 5) is 0. The predicted octanol–water partition coefficient (Wildman–Crippen LogP) is 2.36. The van der Waals surface area contributed by atoms with E-state index in [0.29, 0.717) is 0 Å². The molecule has 0 unspecified atom stereocenters. The quantitative estimate of drug-likeness (QED) is 0.816. The summed E-state index contributed by atoms with van der Waals surface area (Å²) in [6.45, 7) is 0. The van der Waals surface area contributed by atoms with E-state index in [0.717, 1.165) is 19.3 Å². The van der Waals surface area contributed by atoms with Crippen LogP contribution in [0.5, 0.6) is 0 Å². The van der Waals surface area contributed by atoms with Gasteiger partial charge in [0.1, 0.15) is 0 Å². The lowest BCUT2D eigenvalue weighted by molar-refractivity contribution is 0.151. The Balaban J connectivity index is 2.06. The summed E-state index contributed by atoms with van der Waals surface area (Å²) in [6.07, 6.45) is 4.57. The zero-order chi connectivity index (χ0) is 9.60. The Kier molecular flexibility index (Phi) is 1.66. The molecule has 0 bridgehead atoms. The van der Waals surface area contributed by atoms with Crippen molar-refractivity contribution < 1.29 is 5.11 Å². The van der Waals surface area contributed by atoms with Crippen molar-refractivity contribution >= 4 is 21.6 Å². The highest BCUT2D eigenvalue weighted by Crippen LogP contribution is 2.39. The second-order valence-electron chi connectivity index (χ2n) is 4.06. The Morgan fingerprint density at radius 1 is 1.43 bits per heavy atom. The van der Waals surface area contributed by atoms with Crippen molar-refractivity contribution in [1.29, 1.82) is 0 Å². The normalized spacial score (nSPS) is 18.6. The maximum atomic E-state index is 9.86. The van der Waals surface area contributed by atoms with E-state index in [-0.39, 0.29) is 0 Å². The highest BCUT2D eigenvalue weighted by molar-refractivity contribution is 7.13. The number of nitrogens with zero attached hydrogens (tertiary/aromatic N) is 1. The Bertz CT molecular complexity index is 473. The summed E-state index contributed by atoms with van der Waals surface area (Å²) < 4.78 is 5.40. The van der Waals surface area contributed by atoms with E-state index in [9.17, 15) is 5.11 Å². The molecule has 0 spiro atoms. The van der Waals surface area contributed by atoms with Crippen LogP contribution in [0.1, 0.15) is 18.4 Å². The largest absolute Gasteiger partial charge is 0.390 e. The molecule has 0 atom stereocenters. The van der Waals surface area contributed by atoms with Gasteiger partial charge in [-0.05, 0) is 29.9 Å². The predicted molar refractivity (Wildman–Crippen MR) is 57.5 cm³/mol. The molecule has 1 aliphatic rings. The van der Waals surface area contributed by atoms with Gasteiger partial charge in [0.05, 0.1) is 10.3 Å². The second kappa shape index (κ2) is 2.78. The van der Waals surface area contributed by atoms with Crippen LogP contribution in [0.2, 0.25) is 0 Å². The van der Waals surface area contributed by atoms with Gasteiger partial charge in [-0.1, -0.05) is 18.2 Å². The Morgan fingerprint density at radius 2 is 2.29 bits per heavy atom. The standard InChI is InChI=1S/C11H11NOS/c13-11(4-5-11)6-8-2-1-3-9-7-12-14-10(8)9/h1-3,7,13H,4-6H2. The minimum Gasteiger partial charge on any atom is -0.390 e. The summed E-state index contributed by atoms with van der Waals surface area (Å²) in [7, 11) is 0. The van der Waals surface area contributed by atoms with Gasteiger partial charge in [0.15, 0.2) is 0 Å². The number of benzene rings is 1. The van der Waals surface area contributed by atoms with Crippen LogP contribution in [-0.2, 0) is 6.42 Å². The number of rotatable bonds is 2. The van der Waals surface area contributed by atoms with E-state index in [1.165, 1.54) is 27.2 Å². The first-order chi connectivity index (χ1) is 6.77. The molecule has 0 aliphatic heterocycles. The van der Waals surface area contributed by atoms with Crippen LogP contribution in [0.4, 0.5) is 0 Å². The lowest BCUT2D eigenvalue weighted by atomic mass is 10.1. The highest BCUT2D eigenvalue weighted by Gasteiger charge is 2.40. The smallest absolute Gasteiger partial charge is 0.0690 e. The maximum Gasteiger partial charge on any atom is 0.0690 e. The van der Waals surface area contributed by atoms with Crippen molar-refractivity contribution in [3.63, 3.8) is 0 Å². The van der Waals surface area contributed by atoms with Gasteiger partial charge in [0.25, 0.3) is 0 Å². The van der Waals surface area contributed by atoms with E-state index >= 15 is 0 Å². The van der Waals surface area contributed by atoms with Crippen molar-refractivity contribution in [1.82, 2.24) is 4.37 Å². The van der Waals surface area contributed by atoms with Crippen LogP contribution in [0, 0.1) is 0 Å². The zero-order valence-corrected chi connectivity index (χ0v) is 8.55. The van der Waals surface area contributed by atoms with Crippen LogP contribution < -0.4 is 0 Å². The number of hydrogen-bond donors (Lipinski definition) is 1. The van der Waals surface area contributed by atoms with Gasteiger partial charge in [-0.25, -0.2) is 0 Å². The van der Waals surface area contributed by atoms with Gasteiger partial charge < -0.3 is 5.11 Å². The minimum absolute atomic E-state index is 0.404. The van der Waals surface area contributed by atoms with E-state index in [1.807, 2.05) is 12.3 Å². The van der Waals surface area contributed by atoms with E-state index in [2.05, 4.69) is 16.5 Å². The number of aromatic nitrogens is 1. The number of hydrogen-bond acceptors (Lipinski definition) is 3. The van der Waals surface area contributed by atoms with Crippen molar-refractivity contribution in [3.05, 3.63) is 30.0 Å². The van der Waals surface area contributed by atoms with Crippen molar-refractivity contribution in [3.8, 4) is 0 Å². The maximum absolute atomic E-state index is 9.86. The summed E-state index contributed by atoms with van der Waals surface area (Å²) in [6, 6.07) is 6.20. The first-order valence-electron chi connectivity index (χ1n) is 4.82. The number of fused-ring (bicyclic) bond motifs is 1. The SMILES string of the molecule is OC1(Cc2cccc3cnsc23)CC1. The lowest BCUT2D eigenvalue weighted by Gasteiger charge is -2.07. The zero-order valence-electron chi connectivity index (χ0n) is 7.73. The molecule has 3 heteroatoms. The molecular weight excluding hydrogens is 194 g/mol. The molecule has 72 valence electrons. The first-order valence-corrected chi connectivity index (χ1v) is 5.59. The molecular formula is C11H11NOS. The molecule has 1 aliphatic carbocycles. The van der Waals surface area contributed by atoms with Gasteiger partial charge in [0.2, 0.25) is 0 Å². The van der Waals surface area contributed by atoms with Crippen molar-refractivity contribution in [2.24, 2.45) is 0 Å². The van der Waals surface area contributed by atoms with E-state index in [1.54, 1.807) is 0 Å². The molecule has 0 amide bonds. The molecule has 1 aromatic heterocycles. The summed E-state index contributed by atoms with van der Waals surface area (Å²) in [5.41, 5.74) is 0.836. The molecule has 3 rings (SSSR count). The molecule has 1 aromatic carbocycles. The third kappa shape index (κ3) is 1.33. The first kappa shape index (κ1) is 8.38. The van der Waals surface area contributed by atoms with E-state index in [4.69, 9.17) is 0 Å². The third-order valence-corrected chi connectivity index (χ3v) is 3.70. The summed E-state index contributed by atoms with van der Waals surface area (Å²) in [5.74, 6) is 0. The summed E-state index contributed by atoms with van der Waals surface area (Å²) in [5, 5.41) is 11.1. The van der Waals surface area contributed by atoms with Gasteiger partial charge in [-0.2, -0.15) is 4.37 Å². The lowest BCUT2D eigenvalue weighted by Crippen LogP contribution is -2.10. The highest BCUT2D eigenvalue weighted by atomic mass is 32.1.